The maximum atomic E-state index is 4.60. The number of nitrogens with zero attached hydrogens (tertiary/aromatic N) is 2. The van der Waals surface area contributed by atoms with Crippen molar-refractivity contribution in [2.75, 3.05) is 34.7 Å². The molecule has 0 amide bonds. The van der Waals surface area contributed by atoms with Crippen molar-refractivity contribution in [3.05, 3.63) is 0 Å². The van der Waals surface area contributed by atoms with E-state index in [0.29, 0.717) is 0 Å². The molecule has 18 heavy (non-hydrogen) atoms. The first-order valence-corrected chi connectivity index (χ1v) is 7.93. The molecule has 0 bridgehead atoms. The van der Waals surface area contributed by atoms with Crippen LogP contribution in [0.3, 0.4) is 0 Å². The summed E-state index contributed by atoms with van der Waals surface area (Å²) in [5, 5.41) is 1.14. The summed E-state index contributed by atoms with van der Waals surface area (Å²) >= 11 is 4.60. The van der Waals surface area contributed by atoms with Gasteiger partial charge < -0.3 is 0 Å². The fourth-order valence-electron chi connectivity index (χ4n) is 2.28. The Morgan fingerprint density at radius 3 is 1.78 bits per heavy atom. The highest BCUT2D eigenvalue weighted by Crippen LogP contribution is 2.11. The van der Waals surface area contributed by atoms with Crippen LogP contribution in [0.4, 0.5) is 0 Å². The zero-order valence-electron chi connectivity index (χ0n) is 13.2. The van der Waals surface area contributed by atoms with Crippen LogP contribution in [0, 0.1) is 0 Å². The van der Waals surface area contributed by atoms with Crippen LogP contribution in [-0.2, 0) is 0 Å². The molecule has 0 saturated heterocycles. The Balaban J connectivity index is 3.63. The van der Waals surface area contributed by atoms with Crippen LogP contribution in [0.15, 0.2) is 0 Å². The summed E-state index contributed by atoms with van der Waals surface area (Å²) in [4.78, 5) is 0. The van der Waals surface area contributed by atoms with Gasteiger partial charge in [-0.15, -0.1) is 0 Å². The smallest absolute Gasteiger partial charge is 0.235 e. The van der Waals surface area contributed by atoms with Gasteiger partial charge in [-0.1, -0.05) is 45.4 Å². The minimum Gasteiger partial charge on any atom is -0.235 e. The Kier molecular flexibility index (Phi) is 9.84. The maximum Gasteiger partial charge on any atom is 0.396 e. The Bertz CT molecular complexity index is 243. The first-order chi connectivity index (χ1) is 8.41. The topological polar surface area (TPSA) is 3.01 Å². The number of unbranched alkanes of at least 4 members (excludes halogenated alkanes) is 7. The predicted octanol–water partition coefficient (Wildman–Crippen LogP) is 3.76. The summed E-state index contributed by atoms with van der Waals surface area (Å²) in [5.41, 5.74) is 0. The van der Waals surface area contributed by atoms with E-state index in [-0.39, 0.29) is 0 Å². The van der Waals surface area contributed by atoms with E-state index in [1.807, 2.05) is 0 Å². The van der Waals surface area contributed by atoms with Crippen molar-refractivity contribution in [2.24, 2.45) is 0 Å². The number of thiol groups is 1. The van der Waals surface area contributed by atoms with Gasteiger partial charge in [0.25, 0.3) is 0 Å². The SMILES string of the molecule is CCCCCCCCCC[N+](C)(C)C(S)=[N+](C)C. The average Bonchev–Trinajstić information content (AvgIpc) is 2.31. The van der Waals surface area contributed by atoms with Crippen LogP contribution in [0.1, 0.15) is 58.3 Å². The number of amidine groups is 1. The van der Waals surface area contributed by atoms with E-state index in [1.54, 1.807) is 0 Å². The van der Waals surface area contributed by atoms with E-state index in [9.17, 15) is 0 Å². The number of hydrogen-bond donors (Lipinski definition) is 1. The molecule has 0 saturated carbocycles. The molecule has 0 aliphatic heterocycles. The zero-order valence-corrected chi connectivity index (χ0v) is 14.1. The third kappa shape index (κ3) is 8.15. The Labute approximate surface area is 120 Å². The van der Waals surface area contributed by atoms with Crippen LogP contribution < -0.4 is 0 Å². The molecule has 0 aromatic rings. The summed E-state index contributed by atoms with van der Waals surface area (Å²) in [7, 11) is 8.61. The normalized spacial score (nSPS) is 11.7. The predicted molar refractivity (Wildman–Crippen MR) is 85.7 cm³/mol. The number of hydrogen-bond acceptors (Lipinski definition) is 0. The summed E-state index contributed by atoms with van der Waals surface area (Å²) < 4.78 is 3.00. The molecule has 0 heterocycles. The maximum absolute atomic E-state index is 4.60. The van der Waals surface area contributed by atoms with Gasteiger partial charge in [-0.25, -0.2) is 4.48 Å². The second kappa shape index (κ2) is 9.85. The minimum atomic E-state index is 0.895. The van der Waals surface area contributed by atoms with Gasteiger partial charge in [0.2, 0.25) is 0 Å². The third-order valence-electron chi connectivity index (χ3n) is 3.51. The van der Waals surface area contributed by atoms with Crippen LogP contribution in [0.2, 0.25) is 0 Å². The van der Waals surface area contributed by atoms with E-state index in [2.05, 4.69) is 52.3 Å². The second-order valence-electron chi connectivity index (χ2n) is 6.08. The van der Waals surface area contributed by atoms with Crippen molar-refractivity contribution in [3.63, 3.8) is 0 Å². The fourth-order valence-corrected chi connectivity index (χ4v) is 2.38. The number of rotatable bonds is 9. The van der Waals surface area contributed by atoms with Crippen molar-refractivity contribution in [1.82, 2.24) is 0 Å². The van der Waals surface area contributed by atoms with Gasteiger partial charge in [0.15, 0.2) is 0 Å². The van der Waals surface area contributed by atoms with E-state index in [1.165, 1.54) is 57.9 Å². The van der Waals surface area contributed by atoms with Crippen LogP contribution in [0.25, 0.3) is 0 Å². The van der Waals surface area contributed by atoms with Crippen molar-refractivity contribution < 1.29 is 9.06 Å². The zero-order chi connectivity index (χ0) is 14.0. The highest BCUT2D eigenvalue weighted by Gasteiger charge is 2.26. The quantitative estimate of drug-likeness (QED) is 0.163. The highest BCUT2D eigenvalue weighted by atomic mass is 32.1. The molecular weight excluding hydrogens is 240 g/mol. The summed E-state index contributed by atoms with van der Waals surface area (Å²) in [6.45, 7) is 3.46. The Hall–Kier alpha value is -0.0200. The minimum absolute atomic E-state index is 0.895. The van der Waals surface area contributed by atoms with E-state index < -0.39 is 0 Å². The molecule has 0 aromatic carbocycles. The molecule has 0 unspecified atom stereocenters. The first-order valence-electron chi connectivity index (χ1n) is 7.48. The van der Waals surface area contributed by atoms with Gasteiger partial charge in [0.1, 0.15) is 14.1 Å². The molecule has 3 heteroatoms. The Morgan fingerprint density at radius 1 is 0.889 bits per heavy atom. The van der Waals surface area contributed by atoms with Crippen LogP contribution >= 0.6 is 12.6 Å². The lowest BCUT2D eigenvalue weighted by atomic mass is 10.1. The summed E-state index contributed by atoms with van der Waals surface area (Å²) in [6.07, 6.45) is 11.1. The highest BCUT2D eigenvalue weighted by molar-refractivity contribution is 7.96. The molecule has 0 aliphatic carbocycles. The van der Waals surface area contributed by atoms with E-state index >= 15 is 0 Å². The molecule has 2 nitrogen and oxygen atoms in total. The lowest BCUT2D eigenvalue weighted by Crippen LogP contribution is -2.46. The van der Waals surface area contributed by atoms with Gasteiger partial charge in [-0.2, -0.15) is 4.58 Å². The lowest BCUT2D eigenvalue weighted by Gasteiger charge is -2.24. The number of quaternary nitrogens is 1. The van der Waals surface area contributed by atoms with Crippen molar-refractivity contribution in [1.29, 1.82) is 0 Å². The average molecular weight is 275 g/mol. The molecular formula is C15H34N2S+2. The second-order valence-corrected chi connectivity index (χ2v) is 6.48. The third-order valence-corrected chi connectivity index (χ3v) is 4.45. The fraction of sp³-hybridized carbons (Fsp3) is 0.933. The molecule has 0 spiro atoms. The molecule has 0 rings (SSSR count). The first kappa shape index (κ1) is 18.0. The summed E-state index contributed by atoms with van der Waals surface area (Å²) in [6, 6.07) is 0. The van der Waals surface area contributed by atoms with Crippen molar-refractivity contribution in [3.8, 4) is 0 Å². The molecule has 0 aromatic heterocycles. The van der Waals surface area contributed by atoms with Gasteiger partial charge in [-0.05, 0) is 25.5 Å². The molecule has 0 atom stereocenters. The van der Waals surface area contributed by atoms with Crippen LogP contribution in [0.5, 0.6) is 0 Å². The van der Waals surface area contributed by atoms with E-state index in [0.717, 1.165) is 9.65 Å². The van der Waals surface area contributed by atoms with Crippen LogP contribution in [-0.4, -0.2) is 49.0 Å². The molecule has 0 fully saturated rings. The molecule has 108 valence electrons. The van der Waals surface area contributed by atoms with Gasteiger partial charge in [0, 0.05) is 0 Å². The van der Waals surface area contributed by atoms with Crippen molar-refractivity contribution in [2.45, 2.75) is 58.3 Å². The van der Waals surface area contributed by atoms with E-state index in [4.69, 9.17) is 0 Å². The lowest BCUT2D eigenvalue weighted by molar-refractivity contribution is -0.818. The largest absolute Gasteiger partial charge is 0.396 e. The van der Waals surface area contributed by atoms with Crippen molar-refractivity contribution >= 4 is 17.8 Å². The van der Waals surface area contributed by atoms with Gasteiger partial charge >= 0.3 is 5.17 Å². The summed E-state index contributed by atoms with van der Waals surface area (Å²) in [5.74, 6) is 0. The standard InChI is InChI=1S/C15H33N2S/c1-6-7-8-9-10-11-12-13-14-17(4,5)15(18)16(2)3/h6-14H2,1-5H3/q+1/p+1. The van der Waals surface area contributed by atoms with Gasteiger partial charge in [0.05, 0.1) is 20.6 Å². The Morgan fingerprint density at radius 2 is 1.33 bits per heavy atom. The molecule has 0 radical (unpaired) electrons. The monoisotopic (exact) mass is 274 g/mol. The molecule has 0 N–H and O–H groups in total. The molecule has 0 aliphatic rings. The van der Waals surface area contributed by atoms with Gasteiger partial charge in [-0.3, -0.25) is 0 Å².